The number of benzene rings is 11. The van der Waals surface area contributed by atoms with Gasteiger partial charge in [0.1, 0.15) is 0 Å². The smallest absolute Gasteiger partial charge is 0.0614 e. The Morgan fingerprint density at radius 3 is 1.49 bits per heavy atom. The second-order valence-electron chi connectivity index (χ2n) is 17.8. The van der Waals surface area contributed by atoms with Crippen molar-refractivity contribution in [2.75, 3.05) is 10.2 Å². The van der Waals surface area contributed by atoms with Crippen molar-refractivity contribution in [3.05, 3.63) is 278 Å². The van der Waals surface area contributed by atoms with Crippen LogP contribution >= 0.6 is 0 Å². The molecule has 1 N–H and O–H groups in total. The lowest BCUT2D eigenvalue weighted by Gasteiger charge is -2.26. The second-order valence-corrected chi connectivity index (χ2v) is 17.8. The predicted octanol–water partition coefficient (Wildman–Crippen LogP) is 18.7. The Labute approximate surface area is 409 Å². The van der Waals surface area contributed by atoms with Gasteiger partial charge >= 0.3 is 0 Å². The zero-order valence-corrected chi connectivity index (χ0v) is 38.9. The molecule has 0 spiro atoms. The predicted molar refractivity (Wildman–Crippen MR) is 300 cm³/mol. The maximum Gasteiger partial charge on any atom is 0.0614 e. The summed E-state index contributed by atoms with van der Waals surface area (Å²) in [5.74, 6) is 0. The molecule has 0 fully saturated rings. The first kappa shape index (κ1) is 42.2. The van der Waals surface area contributed by atoms with Crippen LogP contribution in [0.5, 0.6) is 0 Å². The van der Waals surface area contributed by atoms with E-state index >= 15 is 0 Å². The van der Waals surface area contributed by atoms with E-state index in [1.54, 1.807) is 0 Å². The van der Waals surface area contributed by atoms with Crippen LogP contribution in [0.15, 0.2) is 261 Å². The molecular formula is C67H49N3. The van der Waals surface area contributed by atoms with Crippen molar-refractivity contribution < 1.29 is 0 Å². The van der Waals surface area contributed by atoms with Crippen LogP contribution in [-0.4, -0.2) is 4.57 Å². The highest BCUT2D eigenvalue weighted by Crippen LogP contribution is 2.43. The summed E-state index contributed by atoms with van der Waals surface area (Å²) in [6.07, 6.45) is 4.33. The van der Waals surface area contributed by atoms with Crippen LogP contribution < -0.4 is 10.2 Å². The number of rotatable bonds is 11. The zero-order chi connectivity index (χ0) is 47.0. The summed E-state index contributed by atoms with van der Waals surface area (Å²) in [6.45, 7) is 6.89. The van der Waals surface area contributed by atoms with Gasteiger partial charge in [0.2, 0.25) is 0 Å². The van der Waals surface area contributed by atoms with Gasteiger partial charge in [0.05, 0.1) is 11.2 Å². The Morgan fingerprint density at radius 2 is 0.886 bits per heavy atom. The molecule has 0 amide bonds. The first-order valence-electron chi connectivity index (χ1n) is 24.0. The summed E-state index contributed by atoms with van der Waals surface area (Å²) in [4.78, 5) is 2.38. The Balaban J connectivity index is 0.929. The van der Waals surface area contributed by atoms with E-state index in [4.69, 9.17) is 6.58 Å². The van der Waals surface area contributed by atoms with Crippen LogP contribution in [0.25, 0.3) is 82.8 Å². The highest BCUT2D eigenvalue weighted by Gasteiger charge is 2.22. The molecule has 1 heterocycles. The van der Waals surface area contributed by atoms with Crippen molar-refractivity contribution >= 4 is 83.3 Å². The van der Waals surface area contributed by atoms with Gasteiger partial charge in [0.15, 0.2) is 0 Å². The average molecular weight is 896 g/mol. The lowest BCUT2D eigenvalue weighted by atomic mass is 9.94. The van der Waals surface area contributed by atoms with Gasteiger partial charge in [-0.25, -0.2) is 0 Å². The largest absolute Gasteiger partial charge is 0.355 e. The van der Waals surface area contributed by atoms with Gasteiger partial charge in [0.25, 0.3) is 0 Å². The standard InChI is InChI=1S/C67H49N3/c1-3-18-63-62-28-15-17-30-66(62)70(67(63)46(2)56-23-14-16-29-65(56)68-51-21-8-5-9-22-51)54-41-35-50(36-42-54)49-33-39-53(40-34-49)69(52-37-31-48(32-38-52)47-19-6-4-7-20-47)55-43-44-61-59-26-11-10-24-57(59)58-25-12-13-27-60(58)64(61)45-55/h3-45,68H,2H2,1H3/b18-3-. The third-order valence-corrected chi connectivity index (χ3v) is 13.6. The maximum atomic E-state index is 4.81. The third kappa shape index (κ3) is 7.60. The second kappa shape index (κ2) is 18.1. The molecule has 11 aromatic carbocycles. The van der Waals surface area contributed by atoms with Crippen molar-refractivity contribution in [3.63, 3.8) is 0 Å². The van der Waals surface area contributed by atoms with E-state index in [-0.39, 0.29) is 0 Å². The van der Waals surface area contributed by atoms with Gasteiger partial charge in [0, 0.05) is 56.2 Å². The average Bonchev–Trinajstić information content (AvgIpc) is 3.76. The fourth-order valence-corrected chi connectivity index (χ4v) is 10.3. The molecule has 3 nitrogen and oxygen atoms in total. The molecule has 3 heteroatoms. The molecule has 0 saturated carbocycles. The van der Waals surface area contributed by atoms with Gasteiger partial charge in [-0.15, -0.1) is 0 Å². The molecule has 0 radical (unpaired) electrons. The third-order valence-electron chi connectivity index (χ3n) is 13.6. The van der Waals surface area contributed by atoms with Gasteiger partial charge in [-0.3, -0.25) is 0 Å². The van der Waals surface area contributed by atoms with Crippen LogP contribution in [0.2, 0.25) is 0 Å². The molecule has 12 rings (SSSR count). The van der Waals surface area contributed by atoms with Crippen molar-refractivity contribution in [2.24, 2.45) is 0 Å². The Morgan fingerprint density at radius 1 is 0.429 bits per heavy atom. The number of fused-ring (bicyclic) bond motifs is 7. The zero-order valence-electron chi connectivity index (χ0n) is 38.9. The normalized spacial score (nSPS) is 11.5. The van der Waals surface area contributed by atoms with Gasteiger partial charge in [-0.05, 0) is 134 Å². The molecule has 0 bridgehead atoms. The van der Waals surface area contributed by atoms with E-state index in [2.05, 4.69) is 277 Å². The molecule has 0 unspecified atom stereocenters. The number of nitrogens with one attached hydrogen (secondary N) is 1. The van der Waals surface area contributed by atoms with Gasteiger partial charge in [-0.2, -0.15) is 0 Å². The first-order chi connectivity index (χ1) is 34.6. The van der Waals surface area contributed by atoms with E-state index in [1.165, 1.54) is 48.8 Å². The molecule has 1 aromatic heterocycles. The monoisotopic (exact) mass is 895 g/mol. The Hall–Kier alpha value is -9.18. The van der Waals surface area contributed by atoms with Gasteiger partial charge < -0.3 is 14.8 Å². The minimum absolute atomic E-state index is 0.940. The fourth-order valence-electron chi connectivity index (χ4n) is 10.3. The highest BCUT2D eigenvalue weighted by molar-refractivity contribution is 6.25. The number of aromatic nitrogens is 1. The highest BCUT2D eigenvalue weighted by atomic mass is 15.1. The number of anilines is 5. The topological polar surface area (TPSA) is 20.2 Å². The first-order valence-corrected chi connectivity index (χ1v) is 24.0. The number of nitrogens with zero attached hydrogens (tertiary/aromatic N) is 2. The van der Waals surface area contributed by atoms with Crippen molar-refractivity contribution in [3.8, 4) is 27.9 Å². The SMILES string of the molecule is C=C(c1ccccc1Nc1ccccc1)c1c(/C=C\C)c2ccccc2n1-c1ccc(-c2ccc(N(c3ccc(-c4ccccc4)cc3)c3ccc4c5ccccc5c5ccccc5c4c3)cc2)cc1. The summed E-state index contributed by atoms with van der Waals surface area (Å²) in [5, 5.41) is 12.4. The molecule has 0 aliphatic rings. The van der Waals surface area contributed by atoms with Crippen LogP contribution in [-0.2, 0) is 0 Å². The molecule has 0 atom stereocenters. The van der Waals surface area contributed by atoms with Crippen molar-refractivity contribution in [1.82, 2.24) is 4.57 Å². The number of hydrogen-bond acceptors (Lipinski definition) is 2. The van der Waals surface area contributed by atoms with E-state index in [9.17, 15) is 0 Å². The molecule has 0 aliphatic carbocycles. The quantitative estimate of drug-likeness (QED) is 0.131. The number of hydrogen-bond donors (Lipinski definition) is 1. The molecule has 0 aliphatic heterocycles. The Bertz CT molecular complexity index is 3870. The molecular weight excluding hydrogens is 847 g/mol. The van der Waals surface area contributed by atoms with E-state index < -0.39 is 0 Å². The summed E-state index contributed by atoms with van der Waals surface area (Å²) in [6, 6.07) is 89.4. The summed E-state index contributed by atoms with van der Waals surface area (Å²) in [5.41, 5.74) is 16.4. The van der Waals surface area contributed by atoms with Crippen molar-refractivity contribution in [2.45, 2.75) is 6.92 Å². The summed E-state index contributed by atoms with van der Waals surface area (Å²) < 4.78 is 2.37. The maximum absolute atomic E-state index is 4.81. The molecule has 70 heavy (non-hydrogen) atoms. The van der Waals surface area contributed by atoms with Crippen LogP contribution in [0.1, 0.15) is 23.7 Å². The van der Waals surface area contributed by atoms with E-state index in [0.29, 0.717) is 0 Å². The Kier molecular flexibility index (Phi) is 10.9. The molecule has 0 saturated heterocycles. The minimum atomic E-state index is 0.940. The number of allylic oxidation sites excluding steroid dienone is 1. The van der Waals surface area contributed by atoms with Crippen LogP contribution in [0.4, 0.5) is 28.4 Å². The van der Waals surface area contributed by atoms with Gasteiger partial charge in [-0.1, -0.05) is 195 Å². The lowest BCUT2D eigenvalue weighted by molar-refractivity contribution is 1.10. The van der Waals surface area contributed by atoms with Crippen LogP contribution in [0, 0.1) is 0 Å². The van der Waals surface area contributed by atoms with Crippen molar-refractivity contribution in [1.29, 1.82) is 0 Å². The fraction of sp³-hybridized carbons (Fsp3) is 0.0149. The van der Waals surface area contributed by atoms with E-state index in [0.717, 1.165) is 73.2 Å². The minimum Gasteiger partial charge on any atom is -0.355 e. The van der Waals surface area contributed by atoms with E-state index in [1.807, 2.05) is 6.07 Å². The lowest BCUT2D eigenvalue weighted by Crippen LogP contribution is -2.10. The van der Waals surface area contributed by atoms with Crippen LogP contribution in [0.3, 0.4) is 0 Å². The number of para-hydroxylation sites is 3. The summed E-state index contributed by atoms with van der Waals surface area (Å²) in [7, 11) is 0. The molecule has 332 valence electrons. The summed E-state index contributed by atoms with van der Waals surface area (Å²) >= 11 is 0. The molecule has 12 aromatic rings.